The van der Waals surface area contributed by atoms with E-state index in [0.717, 1.165) is 0 Å². The summed E-state index contributed by atoms with van der Waals surface area (Å²) in [5.41, 5.74) is 0.459. The minimum atomic E-state index is -3.69. The minimum absolute atomic E-state index is 0.0920. The van der Waals surface area contributed by atoms with E-state index in [-0.39, 0.29) is 36.8 Å². The van der Waals surface area contributed by atoms with Crippen LogP contribution in [0.15, 0.2) is 41.3 Å². The molecular formula is C20H24N4O7S. The van der Waals surface area contributed by atoms with E-state index in [1.807, 2.05) is 6.92 Å². The highest BCUT2D eigenvalue weighted by atomic mass is 32.2. The highest BCUT2D eigenvalue weighted by Gasteiger charge is 2.30. The highest BCUT2D eigenvalue weighted by Crippen LogP contribution is 2.25. The first kappa shape index (κ1) is 23.4. The number of nitro groups is 1. The number of hydrogen-bond acceptors (Lipinski definition) is 8. The van der Waals surface area contributed by atoms with Crippen LogP contribution in [0.5, 0.6) is 11.5 Å². The molecule has 0 radical (unpaired) electrons. The third-order valence-corrected chi connectivity index (χ3v) is 6.78. The number of carbonyl (C=O) groups excluding carboxylic acids is 1. The Morgan fingerprint density at radius 2 is 1.75 bits per heavy atom. The SMILES string of the molecule is CCOc1ccc(S(=O)(=O)N2CCN(C(=O)COc3ccc(C)nc3[N+](=O)[O-])CC2)cc1. The number of benzene rings is 1. The lowest BCUT2D eigenvalue weighted by molar-refractivity contribution is -0.390. The highest BCUT2D eigenvalue weighted by molar-refractivity contribution is 7.89. The number of aromatic nitrogens is 1. The summed E-state index contributed by atoms with van der Waals surface area (Å²) >= 11 is 0. The molecule has 172 valence electrons. The van der Waals surface area contributed by atoms with Gasteiger partial charge in [0.15, 0.2) is 6.61 Å². The van der Waals surface area contributed by atoms with Gasteiger partial charge in [0.2, 0.25) is 15.8 Å². The van der Waals surface area contributed by atoms with E-state index in [1.54, 1.807) is 25.1 Å². The Bertz CT molecular complexity index is 1080. The molecule has 1 aliphatic rings. The molecule has 2 aromatic rings. The molecule has 0 bridgehead atoms. The largest absolute Gasteiger partial charge is 0.494 e. The fourth-order valence-corrected chi connectivity index (χ4v) is 4.63. The third-order valence-electron chi connectivity index (χ3n) is 4.87. The molecule has 0 aliphatic carbocycles. The Labute approximate surface area is 185 Å². The summed E-state index contributed by atoms with van der Waals surface area (Å²) in [5.74, 6) is -0.349. The second kappa shape index (κ2) is 9.92. The smallest absolute Gasteiger partial charge is 0.406 e. The van der Waals surface area contributed by atoms with Crippen molar-refractivity contribution in [2.75, 3.05) is 39.4 Å². The lowest BCUT2D eigenvalue weighted by Crippen LogP contribution is -2.51. The number of rotatable bonds is 8. The topological polar surface area (TPSA) is 132 Å². The van der Waals surface area contributed by atoms with Crippen molar-refractivity contribution in [3.8, 4) is 11.5 Å². The van der Waals surface area contributed by atoms with Gasteiger partial charge in [0.25, 0.3) is 5.91 Å². The van der Waals surface area contributed by atoms with Crippen molar-refractivity contribution < 1.29 is 27.6 Å². The lowest BCUT2D eigenvalue weighted by atomic mass is 10.3. The number of sulfonamides is 1. The van der Waals surface area contributed by atoms with Crippen molar-refractivity contribution >= 4 is 21.7 Å². The van der Waals surface area contributed by atoms with Gasteiger partial charge in [-0.2, -0.15) is 4.31 Å². The van der Waals surface area contributed by atoms with Gasteiger partial charge in [0, 0.05) is 33.1 Å². The molecule has 1 saturated heterocycles. The number of hydrogen-bond donors (Lipinski definition) is 0. The minimum Gasteiger partial charge on any atom is -0.494 e. The number of amides is 1. The van der Waals surface area contributed by atoms with Crippen LogP contribution in [0.25, 0.3) is 0 Å². The predicted molar refractivity (Wildman–Crippen MR) is 114 cm³/mol. The number of carbonyl (C=O) groups is 1. The van der Waals surface area contributed by atoms with E-state index in [2.05, 4.69) is 4.98 Å². The molecule has 1 fully saturated rings. The van der Waals surface area contributed by atoms with Crippen LogP contribution in [0.4, 0.5) is 5.82 Å². The fourth-order valence-electron chi connectivity index (χ4n) is 3.21. The number of pyridine rings is 1. The van der Waals surface area contributed by atoms with Crippen LogP contribution in [-0.4, -0.2) is 72.8 Å². The van der Waals surface area contributed by atoms with Crippen molar-refractivity contribution in [3.05, 3.63) is 52.2 Å². The van der Waals surface area contributed by atoms with E-state index in [9.17, 15) is 23.3 Å². The van der Waals surface area contributed by atoms with Crippen LogP contribution >= 0.6 is 0 Å². The second-order valence-corrected chi connectivity index (χ2v) is 8.95. The third kappa shape index (κ3) is 5.32. The molecular weight excluding hydrogens is 440 g/mol. The number of ether oxygens (including phenoxy) is 2. The van der Waals surface area contributed by atoms with Crippen LogP contribution in [-0.2, 0) is 14.8 Å². The molecule has 0 N–H and O–H groups in total. The first-order valence-electron chi connectivity index (χ1n) is 9.98. The van der Waals surface area contributed by atoms with E-state index >= 15 is 0 Å². The molecule has 0 saturated carbocycles. The van der Waals surface area contributed by atoms with Crippen molar-refractivity contribution in [2.45, 2.75) is 18.7 Å². The monoisotopic (exact) mass is 464 g/mol. The molecule has 12 heteroatoms. The zero-order chi connectivity index (χ0) is 23.3. The number of nitrogens with zero attached hydrogens (tertiary/aromatic N) is 4. The summed E-state index contributed by atoms with van der Waals surface area (Å²) in [6.07, 6.45) is 0. The van der Waals surface area contributed by atoms with Gasteiger partial charge in [-0.1, -0.05) is 0 Å². The van der Waals surface area contributed by atoms with E-state index < -0.39 is 33.3 Å². The average molecular weight is 465 g/mol. The summed E-state index contributed by atoms with van der Waals surface area (Å²) in [6, 6.07) is 9.15. The first-order chi connectivity index (χ1) is 15.2. The summed E-state index contributed by atoms with van der Waals surface area (Å²) in [5, 5.41) is 11.1. The quantitative estimate of drug-likeness (QED) is 0.425. The van der Waals surface area contributed by atoms with Gasteiger partial charge in [0.1, 0.15) is 11.4 Å². The zero-order valence-electron chi connectivity index (χ0n) is 17.8. The molecule has 2 heterocycles. The van der Waals surface area contributed by atoms with Gasteiger partial charge in [0.05, 0.1) is 11.5 Å². The second-order valence-electron chi connectivity index (χ2n) is 7.01. The Balaban J connectivity index is 1.57. The fraction of sp³-hybridized carbons (Fsp3) is 0.400. The van der Waals surface area contributed by atoms with Crippen molar-refractivity contribution in [2.24, 2.45) is 0 Å². The maximum Gasteiger partial charge on any atom is 0.406 e. The van der Waals surface area contributed by atoms with E-state index in [4.69, 9.17) is 9.47 Å². The van der Waals surface area contributed by atoms with Crippen LogP contribution in [0.2, 0.25) is 0 Å². The molecule has 32 heavy (non-hydrogen) atoms. The predicted octanol–water partition coefficient (Wildman–Crippen LogP) is 1.61. The molecule has 0 unspecified atom stereocenters. The van der Waals surface area contributed by atoms with Crippen molar-refractivity contribution in [3.63, 3.8) is 0 Å². The van der Waals surface area contributed by atoms with Crippen LogP contribution in [0, 0.1) is 17.0 Å². The van der Waals surface area contributed by atoms with Gasteiger partial charge in [-0.15, -0.1) is 0 Å². The summed E-state index contributed by atoms with van der Waals surface area (Å²) in [7, 11) is -3.69. The lowest BCUT2D eigenvalue weighted by Gasteiger charge is -2.33. The zero-order valence-corrected chi connectivity index (χ0v) is 18.6. The molecule has 1 aromatic carbocycles. The molecule has 1 aromatic heterocycles. The van der Waals surface area contributed by atoms with Crippen LogP contribution < -0.4 is 9.47 Å². The van der Waals surface area contributed by atoms with Gasteiger partial charge in [-0.3, -0.25) is 4.79 Å². The standard InChI is InChI=1S/C20H24N4O7S/c1-3-30-16-5-7-17(8-6-16)32(28,29)23-12-10-22(11-13-23)19(25)14-31-18-9-4-15(2)21-20(18)24(26)27/h4-9H,3,10-14H2,1-2H3. The van der Waals surface area contributed by atoms with Crippen LogP contribution in [0.1, 0.15) is 12.6 Å². The number of piperazine rings is 1. The van der Waals surface area contributed by atoms with Gasteiger partial charge >= 0.3 is 5.82 Å². The average Bonchev–Trinajstić information content (AvgIpc) is 2.78. The van der Waals surface area contributed by atoms with Crippen molar-refractivity contribution in [1.29, 1.82) is 0 Å². The van der Waals surface area contributed by atoms with Crippen molar-refractivity contribution in [1.82, 2.24) is 14.2 Å². The molecule has 1 aliphatic heterocycles. The van der Waals surface area contributed by atoms with Crippen LogP contribution in [0.3, 0.4) is 0 Å². The Morgan fingerprint density at radius 3 is 2.34 bits per heavy atom. The first-order valence-corrected chi connectivity index (χ1v) is 11.4. The Morgan fingerprint density at radius 1 is 1.09 bits per heavy atom. The van der Waals surface area contributed by atoms with Gasteiger partial charge in [-0.05, 0) is 53.2 Å². The number of aryl methyl sites for hydroxylation is 1. The van der Waals surface area contributed by atoms with E-state index in [0.29, 0.717) is 18.1 Å². The summed E-state index contributed by atoms with van der Waals surface area (Å²) in [4.78, 5) is 28.4. The maximum absolute atomic E-state index is 12.9. The maximum atomic E-state index is 12.9. The van der Waals surface area contributed by atoms with Gasteiger partial charge < -0.3 is 24.5 Å². The van der Waals surface area contributed by atoms with E-state index in [1.165, 1.54) is 27.4 Å². The van der Waals surface area contributed by atoms with Gasteiger partial charge in [-0.25, -0.2) is 8.42 Å². The normalized spacial score (nSPS) is 14.8. The summed E-state index contributed by atoms with van der Waals surface area (Å²) in [6.45, 7) is 4.18. The Kier molecular flexibility index (Phi) is 7.26. The molecule has 0 spiro atoms. The molecule has 0 atom stereocenters. The summed E-state index contributed by atoms with van der Waals surface area (Å²) < 4.78 is 37.7. The molecule has 1 amide bonds. The molecule has 11 nitrogen and oxygen atoms in total. The Hall–Kier alpha value is -3.25. The molecule has 3 rings (SSSR count).